The van der Waals surface area contributed by atoms with E-state index in [0.29, 0.717) is 18.1 Å². The van der Waals surface area contributed by atoms with E-state index in [1.54, 1.807) is 11.8 Å². The highest BCUT2D eigenvalue weighted by Crippen LogP contribution is 2.41. The quantitative estimate of drug-likeness (QED) is 0.808. The van der Waals surface area contributed by atoms with E-state index in [1.165, 1.54) is 0 Å². The SMILES string of the molecule is CSc1cccc(C(=O)N2C3CCC2CC(n2cccn2)C3)c1. The molecular weight excluding hydrogens is 306 g/mol. The summed E-state index contributed by atoms with van der Waals surface area (Å²) in [5, 5.41) is 4.40. The van der Waals surface area contributed by atoms with Crippen molar-refractivity contribution < 1.29 is 4.79 Å². The highest BCUT2D eigenvalue weighted by Gasteiger charge is 2.44. The molecule has 1 aromatic carbocycles. The summed E-state index contributed by atoms with van der Waals surface area (Å²) in [6.45, 7) is 0. The molecule has 0 aliphatic carbocycles. The van der Waals surface area contributed by atoms with Gasteiger partial charge in [0, 0.05) is 34.9 Å². The first-order valence-electron chi connectivity index (χ1n) is 8.22. The van der Waals surface area contributed by atoms with E-state index in [1.807, 2.05) is 42.9 Å². The standard InChI is InChI=1S/C18H21N3OS/c1-23-17-5-2-4-13(10-17)18(22)21-14-6-7-15(21)12-16(11-14)20-9-3-8-19-20/h2-5,8-10,14-16H,6-7,11-12H2,1H3. The van der Waals surface area contributed by atoms with E-state index in [2.05, 4.69) is 20.7 Å². The second-order valence-corrected chi connectivity index (χ2v) is 7.32. The number of thioether (sulfide) groups is 1. The van der Waals surface area contributed by atoms with Crippen LogP contribution in [0.5, 0.6) is 0 Å². The molecule has 1 amide bonds. The molecule has 0 spiro atoms. The molecule has 2 bridgehead atoms. The van der Waals surface area contributed by atoms with Crippen molar-refractivity contribution in [3.63, 3.8) is 0 Å². The van der Waals surface area contributed by atoms with Gasteiger partial charge in [-0.2, -0.15) is 5.10 Å². The summed E-state index contributed by atoms with van der Waals surface area (Å²) in [4.78, 5) is 16.3. The maximum atomic E-state index is 13.0. The lowest BCUT2D eigenvalue weighted by Crippen LogP contribution is -2.47. The van der Waals surface area contributed by atoms with Crippen LogP contribution in [0.4, 0.5) is 0 Å². The Labute approximate surface area is 140 Å². The molecule has 0 N–H and O–H groups in total. The summed E-state index contributed by atoms with van der Waals surface area (Å²) < 4.78 is 2.07. The van der Waals surface area contributed by atoms with Gasteiger partial charge in [-0.25, -0.2) is 0 Å². The molecule has 2 saturated heterocycles. The molecule has 0 saturated carbocycles. The summed E-state index contributed by atoms with van der Waals surface area (Å²) in [6.07, 6.45) is 10.2. The lowest BCUT2D eigenvalue weighted by Gasteiger charge is -2.39. The normalized spacial score (nSPS) is 26.5. The number of amides is 1. The zero-order chi connectivity index (χ0) is 15.8. The predicted molar refractivity (Wildman–Crippen MR) is 91.7 cm³/mol. The van der Waals surface area contributed by atoms with Crippen molar-refractivity contribution in [3.8, 4) is 0 Å². The van der Waals surface area contributed by atoms with Gasteiger partial charge in [-0.1, -0.05) is 6.07 Å². The first-order valence-corrected chi connectivity index (χ1v) is 9.44. The highest BCUT2D eigenvalue weighted by atomic mass is 32.2. The number of aromatic nitrogens is 2. The molecule has 0 radical (unpaired) electrons. The summed E-state index contributed by atoms with van der Waals surface area (Å²) in [5.74, 6) is 0.201. The summed E-state index contributed by atoms with van der Waals surface area (Å²) >= 11 is 1.68. The Balaban J connectivity index is 1.55. The number of carbonyl (C=O) groups excluding carboxylic acids is 1. The Kier molecular flexibility index (Phi) is 3.89. The molecule has 120 valence electrons. The van der Waals surface area contributed by atoms with Crippen LogP contribution in [0.3, 0.4) is 0 Å². The Morgan fingerprint density at radius 1 is 1.17 bits per heavy atom. The van der Waals surface area contributed by atoms with Gasteiger partial charge in [-0.15, -0.1) is 11.8 Å². The van der Waals surface area contributed by atoms with Crippen LogP contribution in [0.2, 0.25) is 0 Å². The smallest absolute Gasteiger partial charge is 0.254 e. The van der Waals surface area contributed by atoms with Crippen LogP contribution in [0, 0.1) is 0 Å². The van der Waals surface area contributed by atoms with Crippen LogP contribution in [-0.4, -0.2) is 38.9 Å². The zero-order valence-electron chi connectivity index (χ0n) is 13.3. The molecule has 2 aromatic rings. The minimum atomic E-state index is 0.201. The molecule has 1 aromatic heterocycles. The lowest BCUT2D eigenvalue weighted by molar-refractivity contribution is 0.0524. The van der Waals surface area contributed by atoms with Gasteiger partial charge in [0.25, 0.3) is 5.91 Å². The van der Waals surface area contributed by atoms with Gasteiger partial charge in [0.05, 0.1) is 6.04 Å². The van der Waals surface area contributed by atoms with Crippen LogP contribution < -0.4 is 0 Å². The fourth-order valence-corrected chi connectivity index (χ4v) is 4.56. The molecule has 23 heavy (non-hydrogen) atoms. The molecular formula is C18H21N3OS. The van der Waals surface area contributed by atoms with Gasteiger partial charge in [0.15, 0.2) is 0 Å². The van der Waals surface area contributed by atoms with E-state index < -0.39 is 0 Å². The molecule has 5 heteroatoms. The van der Waals surface area contributed by atoms with E-state index in [-0.39, 0.29) is 5.91 Å². The van der Waals surface area contributed by atoms with Crippen LogP contribution in [0.25, 0.3) is 0 Å². The maximum absolute atomic E-state index is 13.0. The minimum absolute atomic E-state index is 0.201. The Bertz CT molecular complexity index is 686. The van der Waals surface area contributed by atoms with Gasteiger partial charge in [-0.3, -0.25) is 9.48 Å². The van der Waals surface area contributed by atoms with E-state index in [0.717, 1.165) is 36.1 Å². The number of fused-ring (bicyclic) bond motifs is 2. The van der Waals surface area contributed by atoms with Gasteiger partial charge < -0.3 is 4.90 Å². The van der Waals surface area contributed by atoms with Crippen LogP contribution in [0.15, 0.2) is 47.6 Å². The molecule has 2 unspecified atom stereocenters. The third-order valence-corrected chi connectivity index (χ3v) is 5.88. The first kappa shape index (κ1) is 14.8. The van der Waals surface area contributed by atoms with E-state index in [4.69, 9.17) is 0 Å². The number of rotatable bonds is 3. The second kappa shape index (κ2) is 6.04. The summed E-state index contributed by atoms with van der Waals surface area (Å²) in [5.41, 5.74) is 0.825. The summed E-state index contributed by atoms with van der Waals surface area (Å²) in [6, 6.07) is 11.1. The fraction of sp³-hybridized carbons (Fsp3) is 0.444. The van der Waals surface area contributed by atoms with E-state index >= 15 is 0 Å². The Morgan fingerprint density at radius 2 is 1.96 bits per heavy atom. The van der Waals surface area contributed by atoms with Crippen LogP contribution >= 0.6 is 11.8 Å². The van der Waals surface area contributed by atoms with Gasteiger partial charge in [-0.05, 0) is 56.2 Å². The minimum Gasteiger partial charge on any atom is -0.333 e. The van der Waals surface area contributed by atoms with Crippen molar-refractivity contribution in [1.29, 1.82) is 0 Å². The molecule has 3 heterocycles. The lowest BCUT2D eigenvalue weighted by atomic mass is 9.96. The Hall–Kier alpha value is -1.75. The van der Waals surface area contributed by atoms with Crippen molar-refractivity contribution in [2.24, 2.45) is 0 Å². The average molecular weight is 327 g/mol. The van der Waals surface area contributed by atoms with Gasteiger partial charge in [0.2, 0.25) is 0 Å². The van der Waals surface area contributed by atoms with Crippen molar-refractivity contribution in [2.75, 3.05) is 6.26 Å². The zero-order valence-corrected chi connectivity index (χ0v) is 14.1. The number of hydrogen-bond donors (Lipinski definition) is 0. The highest BCUT2D eigenvalue weighted by molar-refractivity contribution is 7.98. The first-order chi connectivity index (χ1) is 11.3. The van der Waals surface area contributed by atoms with Crippen LogP contribution in [-0.2, 0) is 0 Å². The number of piperidine rings is 1. The molecule has 4 rings (SSSR count). The van der Waals surface area contributed by atoms with Gasteiger partial charge in [0.1, 0.15) is 0 Å². The third kappa shape index (κ3) is 2.67. The number of nitrogens with zero attached hydrogens (tertiary/aromatic N) is 3. The van der Waals surface area contributed by atoms with Crippen molar-refractivity contribution >= 4 is 17.7 Å². The molecule has 2 aliphatic heterocycles. The summed E-state index contributed by atoms with van der Waals surface area (Å²) in [7, 11) is 0. The van der Waals surface area contributed by atoms with Crippen LogP contribution in [0.1, 0.15) is 42.1 Å². The average Bonchev–Trinajstić information content (AvgIpc) is 3.21. The number of carbonyl (C=O) groups is 1. The number of benzene rings is 1. The van der Waals surface area contributed by atoms with Crippen molar-refractivity contribution in [3.05, 3.63) is 48.3 Å². The number of hydrogen-bond acceptors (Lipinski definition) is 3. The van der Waals surface area contributed by atoms with E-state index in [9.17, 15) is 4.79 Å². The predicted octanol–water partition coefficient (Wildman–Crippen LogP) is 3.61. The maximum Gasteiger partial charge on any atom is 0.254 e. The third-order valence-electron chi connectivity index (χ3n) is 5.16. The molecule has 2 atom stereocenters. The molecule has 4 nitrogen and oxygen atoms in total. The largest absolute Gasteiger partial charge is 0.333 e. The monoisotopic (exact) mass is 327 g/mol. The fourth-order valence-electron chi connectivity index (χ4n) is 4.10. The van der Waals surface area contributed by atoms with Crippen molar-refractivity contribution in [2.45, 2.75) is 48.7 Å². The molecule has 2 fully saturated rings. The topological polar surface area (TPSA) is 38.1 Å². The second-order valence-electron chi connectivity index (χ2n) is 6.44. The molecule has 2 aliphatic rings. The Morgan fingerprint density at radius 3 is 2.61 bits per heavy atom. The van der Waals surface area contributed by atoms with Gasteiger partial charge >= 0.3 is 0 Å². The van der Waals surface area contributed by atoms with Crippen molar-refractivity contribution in [1.82, 2.24) is 14.7 Å².